The number of fused-ring (bicyclic) bond motifs is 1. The van der Waals surface area contributed by atoms with Crippen molar-refractivity contribution in [3.05, 3.63) is 30.0 Å². The molecule has 0 bridgehead atoms. The van der Waals surface area contributed by atoms with Crippen LogP contribution < -0.4 is 0 Å². The lowest BCUT2D eigenvalue weighted by molar-refractivity contribution is 1.16. The molecule has 0 amide bonds. The van der Waals surface area contributed by atoms with Crippen LogP contribution in [0.1, 0.15) is 12.5 Å². The summed E-state index contributed by atoms with van der Waals surface area (Å²) in [5.41, 5.74) is 1.41. The van der Waals surface area contributed by atoms with Gasteiger partial charge in [0.2, 0.25) is 0 Å². The normalized spacial score (nSPS) is 10.6. The molecule has 1 heterocycles. The van der Waals surface area contributed by atoms with Crippen LogP contribution >= 0.6 is 11.5 Å². The molecule has 11 heavy (non-hydrogen) atoms. The third-order valence-corrected chi connectivity index (χ3v) is 2.73. The summed E-state index contributed by atoms with van der Waals surface area (Å²) in [6.07, 6.45) is 3.03. The van der Waals surface area contributed by atoms with Gasteiger partial charge in [0.15, 0.2) is 0 Å². The first-order valence-corrected chi connectivity index (χ1v) is 4.51. The molecule has 0 radical (unpaired) electrons. The Bertz CT molecular complexity index is 364. The van der Waals surface area contributed by atoms with Crippen LogP contribution in [-0.4, -0.2) is 4.37 Å². The van der Waals surface area contributed by atoms with Gasteiger partial charge in [-0.05, 0) is 23.5 Å². The van der Waals surface area contributed by atoms with E-state index in [1.807, 2.05) is 6.20 Å². The fourth-order valence-electron chi connectivity index (χ4n) is 1.23. The van der Waals surface area contributed by atoms with Crippen molar-refractivity contribution < 1.29 is 0 Å². The highest BCUT2D eigenvalue weighted by Gasteiger charge is 1.99. The van der Waals surface area contributed by atoms with Crippen molar-refractivity contribution in [2.45, 2.75) is 13.3 Å². The van der Waals surface area contributed by atoms with Gasteiger partial charge in [0, 0.05) is 11.6 Å². The Balaban J connectivity index is 2.79. The van der Waals surface area contributed by atoms with E-state index in [9.17, 15) is 0 Å². The number of aryl methyl sites for hydroxylation is 1. The van der Waals surface area contributed by atoms with Crippen LogP contribution in [-0.2, 0) is 6.42 Å². The van der Waals surface area contributed by atoms with E-state index in [2.05, 4.69) is 29.5 Å². The second kappa shape index (κ2) is 2.62. The molecular formula is C9H9NS. The van der Waals surface area contributed by atoms with Gasteiger partial charge in [0.05, 0.1) is 4.70 Å². The minimum absolute atomic E-state index is 1.10. The van der Waals surface area contributed by atoms with Crippen LogP contribution in [0.15, 0.2) is 24.4 Å². The Labute approximate surface area is 69.8 Å². The monoisotopic (exact) mass is 163 g/mol. The van der Waals surface area contributed by atoms with E-state index in [1.54, 1.807) is 11.5 Å². The molecule has 2 aromatic rings. The lowest BCUT2D eigenvalue weighted by Crippen LogP contribution is -1.77. The van der Waals surface area contributed by atoms with E-state index in [0.717, 1.165) is 6.42 Å². The second-order valence-electron chi connectivity index (χ2n) is 2.51. The summed E-state index contributed by atoms with van der Waals surface area (Å²) < 4.78 is 5.49. The molecule has 0 atom stereocenters. The van der Waals surface area contributed by atoms with Gasteiger partial charge in [-0.3, -0.25) is 0 Å². The number of hydrogen-bond donors (Lipinski definition) is 0. The van der Waals surface area contributed by atoms with Crippen molar-refractivity contribution in [3.8, 4) is 0 Å². The van der Waals surface area contributed by atoms with Crippen molar-refractivity contribution in [2.75, 3.05) is 0 Å². The zero-order valence-electron chi connectivity index (χ0n) is 6.37. The molecule has 0 spiro atoms. The van der Waals surface area contributed by atoms with Crippen molar-refractivity contribution in [1.29, 1.82) is 0 Å². The minimum Gasteiger partial charge on any atom is -0.200 e. The van der Waals surface area contributed by atoms with Crippen LogP contribution in [0.2, 0.25) is 0 Å². The number of benzene rings is 1. The molecule has 1 aromatic heterocycles. The van der Waals surface area contributed by atoms with Gasteiger partial charge >= 0.3 is 0 Å². The smallest absolute Gasteiger partial charge is 0.0581 e. The summed E-state index contributed by atoms with van der Waals surface area (Å²) in [7, 11) is 0. The first kappa shape index (κ1) is 6.80. The number of rotatable bonds is 1. The Morgan fingerprint density at radius 3 is 3.18 bits per heavy atom. The van der Waals surface area contributed by atoms with Crippen LogP contribution in [0.25, 0.3) is 10.1 Å². The topological polar surface area (TPSA) is 12.9 Å². The van der Waals surface area contributed by atoms with E-state index in [1.165, 1.54) is 15.6 Å². The lowest BCUT2D eigenvalue weighted by Gasteiger charge is -1.95. The van der Waals surface area contributed by atoms with Crippen LogP contribution in [0, 0.1) is 0 Å². The van der Waals surface area contributed by atoms with Crippen LogP contribution in [0.4, 0.5) is 0 Å². The van der Waals surface area contributed by atoms with Crippen LogP contribution in [0.5, 0.6) is 0 Å². The molecule has 0 saturated carbocycles. The molecule has 0 unspecified atom stereocenters. The molecule has 2 rings (SSSR count). The maximum absolute atomic E-state index is 4.15. The highest BCUT2D eigenvalue weighted by atomic mass is 32.1. The fraction of sp³-hybridized carbons (Fsp3) is 0.222. The van der Waals surface area contributed by atoms with Crippen molar-refractivity contribution in [2.24, 2.45) is 0 Å². The minimum atomic E-state index is 1.10. The number of aromatic nitrogens is 1. The van der Waals surface area contributed by atoms with Gasteiger partial charge in [-0.25, -0.2) is 0 Å². The van der Waals surface area contributed by atoms with E-state index in [0.29, 0.717) is 0 Å². The molecule has 0 aliphatic heterocycles. The van der Waals surface area contributed by atoms with Gasteiger partial charge in [-0.15, -0.1) is 0 Å². The summed E-state index contributed by atoms with van der Waals surface area (Å²) >= 11 is 1.59. The highest BCUT2D eigenvalue weighted by Crippen LogP contribution is 2.22. The second-order valence-corrected chi connectivity index (χ2v) is 3.32. The summed E-state index contributed by atoms with van der Waals surface area (Å²) in [6.45, 7) is 2.18. The number of hydrogen-bond acceptors (Lipinski definition) is 2. The van der Waals surface area contributed by atoms with Crippen LogP contribution in [0.3, 0.4) is 0 Å². The summed E-state index contributed by atoms with van der Waals surface area (Å²) in [5.74, 6) is 0. The van der Waals surface area contributed by atoms with E-state index >= 15 is 0 Å². The zero-order valence-corrected chi connectivity index (χ0v) is 7.19. The highest BCUT2D eigenvalue weighted by molar-refractivity contribution is 7.13. The lowest BCUT2D eigenvalue weighted by atomic mass is 10.1. The average Bonchev–Trinajstić information content (AvgIpc) is 2.50. The molecule has 0 fully saturated rings. The first-order valence-electron chi connectivity index (χ1n) is 3.74. The Morgan fingerprint density at radius 2 is 2.36 bits per heavy atom. The van der Waals surface area contributed by atoms with E-state index < -0.39 is 0 Å². The average molecular weight is 163 g/mol. The molecular weight excluding hydrogens is 154 g/mol. The SMILES string of the molecule is CCc1cccc2cnsc12. The van der Waals surface area contributed by atoms with Gasteiger partial charge in [0.1, 0.15) is 0 Å². The van der Waals surface area contributed by atoms with Gasteiger partial charge in [-0.1, -0.05) is 25.1 Å². The Hall–Kier alpha value is -0.890. The van der Waals surface area contributed by atoms with E-state index in [-0.39, 0.29) is 0 Å². The van der Waals surface area contributed by atoms with Gasteiger partial charge in [0.25, 0.3) is 0 Å². The van der Waals surface area contributed by atoms with Gasteiger partial charge < -0.3 is 0 Å². The number of nitrogens with zero attached hydrogens (tertiary/aromatic N) is 1. The maximum atomic E-state index is 4.15. The quantitative estimate of drug-likeness (QED) is 0.630. The molecule has 0 aliphatic carbocycles. The standard InChI is InChI=1S/C9H9NS/c1-2-7-4-3-5-8-6-10-11-9(7)8/h3-6H,2H2,1H3. The molecule has 2 heteroatoms. The summed E-state index contributed by atoms with van der Waals surface area (Å²) in [6, 6.07) is 6.37. The largest absolute Gasteiger partial charge is 0.200 e. The molecule has 0 aliphatic rings. The van der Waals surface area contributed by atoms with Crippen molar-refractivity contribution in [3.63, 3.8) is 0 Å². The Kier molecular flexibility index (Phi) is 1.62. The third kappa shape index (κ3) is 1.03. The molecule has 1 nitrogen and oxygen atoms in total. The third-order valence-electron chi connectivity index (χ3n) is 1.84. The summed E-state index contributed by atoms with van der Waals surface area (Å²) in [5, 5.41) is 1.27. The molecule has 1 aromatic carbocycles. The fourth-order valence-corrected chi connectivity index (χ4v) is 2.06. The molecule has 0 N–H and O–H groups in total. The summed E-state index contributed by atoms with van der Waals surface area (Å²) in [4.78, 5) is 0. The molecule has 56 valence electrons. The predicted octanol–water partition coefficient (Wildman–Crippen LogP) is 2.86. The van der Waals surface area contributed by atoms with Crippen molar-refractivity contribution in [1.82, 2.24) is 4.37 Å². The Morgan fingerprint density at radius 1 is 1.45 bits per heavy atom. The first-order chi connectivity index (χ1) is 5.42. The zero-order chi connectivity index (χ0) is 7.68. The molecule has 0 saturated heterocycles. The van der Waals surface area contributed by atoms with E-state index in [4.69, 9.17) is 0 Å². The predicted molar refractivity (Wildman–Crippen MR) is 49.0 cm³/mol. The van der Waals surface area contributed by atoms with Crippen molar-refractivity contribution >= 4 is 21.6 Å². The van der Waals surface area contributed by atoms with Gasteiger partial charge in [-0.2, -0.15) is 4.37 Å². The maximum Gasteiger partial charge on any atom is 0.0581 e.